The van der Waals surface area contributed by atoms with E-state index in [2.05, 4.69) is 31.1 Å². The summed E-state index contributed by atoms with van der Waals surface area (Å²) in [4.78, 5) is 46.3. The summed E-state index contributed by atoms with van der Waals surface area (Å²) in [6.07, 6.45) is 2.45. The largest absolute Gasteiger partial charge is 0.477 e. The Bertz CT molecular complexity index is 1400. The van der Waals surface area contributed by atoms with E-state index in [1.54, 1.807) is 16.9 Å². The normalized spacial score (nSPS) is 12.4. The molecule has 1 N–H and O–H groups in total. The van der Waals surface area contributed by atoms with Gasteiger partial charge in [0.05, 0.1) is 23.6 Å². The molecule has 0 aliphatic carbocycles. The standard InChI is InChI=1S/C30H40BrN5O4/c1-8-40-28-23(16-21(31)18-32-28)24(37)14-15-30(3,4)17-25(38)33-26-27(20(2)19-34(5)6)35(7)36(29(26)39)22-12-10-9-11-13-22/h9-13,16,18,20H,8,14-15,17,19H2,1-7H3,(H,33,38). The summed E-state index contributed by atoms with van der Waals surface area (Å²) in [5.74, 6) is -0.0709. The van der Waals surface area contributed by atoms with Crippen molar-refractivity contribution < 1.29 is 14.3 Å². The van der Waals surface area contributed by atoms with Crippen LogP contribution in [0.25, 0.3) is 5.69 Å². The Morgan fingerprint density at radius 2 is 1.88 bits per heavy atom. The average molecular weight is 615 g/mol. The summed E-state index contributed by atoms with van der Waals surface area (Å²) in [5.41, 5.74) is 1.42. The van der Waals surface area contributed by atoms with Gasteiger partial charge in [-0.05, 0) is 67.0 Å². The fourth-order valence-electron chi connectivity index (χ4n) is 4.97. The molecule has 2 aromatic heterocycles. The van der Waals surface area contributed by atoms with E-state index < -0.39 is 5.41 Å². The maximum Gasteiger partial charge on any atom is 0.295 e. The molecule has 1 atom stereocenters. The predicted molar refractivity (Wildman–Crippen MR) is 162 cm³/mol. The number of carbonyl (C=O) groups is 2. The van der Waals surface area contributed by atoms with Crippen molar-refractivity contribution >= 4 is 33.3 Å². The Balaban J connectivity index is 1.80. The fourth-order valence-corrected chi connectivity index (χ4v) is 5.30. The molecule has 216 valence electrons. The summed E-state index contributed by atoms with van der Waals surface area (Å²) in [6, 6.07) is 11.1. The topological polar surface area (TPSA) is 98.5 Å². The average Bonchev–Trinajstić information content (AvgIpc) is 3.12. The number of ether oxygens (including phenoxy) is 1. The molecular formula is C30H40BrN5O4. The van der Waals surface area contributed by atoms with Crippen molar-refractivity contribution in [2.75, 3.05) is 32.6 Å². The summed E-state index contributed by atoms with van der Waals surface area (Å²) < 4.78 is 9.64. The molecule has 0 radical (unpaired) electrons. The van der Waals surface area contributed by atoms with Crippen LogP contribution >= 0.6 is 15.9 Å². The van der Waals surface area contributed by atoms with Gasteiger partial charge >= 0.3 is 0 Å². The van der Waals surface area contributed by atoms with E-state index in [-0.39, 0.29) is 36.0 Å². The number of halogens is 1. The van der Waals surface area contributed by atoms with Crippen molar-refractivity contribution in [3.63, 3.8) is 0 Å². The molecule has 0 saturated carbocycles. The molecule has 9 nitrogen and oxygen atoms in total. The molecule has 2 heterocycles. The van der Waals surface area contributed by atoms with Gasteiger partial charge in [0, 0.05) is 43.0 Å². The Morgan fingerprint density at radius 1 is 1.20 bits per heavy atom. The third-order valence-corrected chi connectivity index (χ3v) is 7.18. The van der Waals surface area contributed by atoms with Crippen molar-refractivity contribution in [1.29, 1.82) is 0 Å². The van der Waals surface area contributed by atoms with E-state index in [0.29, 0.717) is 41.2 Å². The molecule has 0 fully saturated rings. The number of anilines is 1. The van der Waals surface area contributed by atoms with Crippen molar-refractivity contribution in [2.45, 2.75) is 52.9 Å². The monoisotopic (exact) mass is 613 g/mol. The zero-order valence-electron chi connectivity index (χ0n) is 24.5. The Hall–Kier alpha value is -3.24. The van der Waals surface area contributed by atoms with Gasteiger partial charge < -0.3 is 15.0 Å². The highest BCUT2D eigenvalue weighted by Crippen LogP contribution is 2.31. The number of aromatic nitrogens is 3. The zero-order valence-corrected chi connectivity index (χ0v) is 26.0. The number of nitrogens with one attached hydrogen (secondary N) is 1. The molecule has 1 amide bonds. The lowest BCUT2D eigenvalue weighted by molar-refractivity contribution is -0.118. The third kappa shape index (κ3) is 7.69. The number of hydrogen-bond donors (Lipinski definition) is 1. The van der Waals surface area contributed by atoms with E-state index in [1.807, 2.05) is 83.9 Å². The van der Waals surface area contributed by atoms with Crippen LogP contribution in [0, 0.1) is 5.41 Å². The molecule has 3 aromatic rings. The fraction of sp³-hybridized carbons (Fsp3) is 0.467. The number of Topliss-reactive ketones (excluding diaryl/α,β-unsaturated/α-hetero) is 1. The lowest BCUT2D eigenvalue weighted by Crippen LogP contribution is -2.27. The summed E-state index contributed by atoms with van der Waals surface area (Å²) in [6.45, 7) is 8.89. The number of likely N-dealkylation sites (N-methyl/N-ethyl adjacent to an activating group) is 1. The smallest absolute Gasteiger partial charge is 0.295 e. The van der Waals surface area contributed by atoms with Crippen molar-refractivity contribution in [2.24, 2.45) is 12.5 Å². The SMILES string of the molecule is CCOc1ncc(Br)cc1C(=O)CCC(C)(C)CC(=O)Nc1c(C(C)CN(C)C)n(C)n(-c2ccccc2)c1=O. The minimum absolute atomic E-state index is 0.0167. The number of benzene rings is 1. The van der Waals surface area contributed by atoms with Gasteiger partial charge in [-0.25, -0.2) is 9.67 Å². The number of para-hydroxylation sites is 1. The van der Waals surface area contributed by atoms with Gasteiger partial charge in [0.1, 0.15) is 5.69 Å². The second-order valence-electron chi connectivity index (χ2n) is 11.2. The Morgan fingerprint density at radius 3 is 2.50 bits per heavy atom. The summed E-state index contributed by atoms with van der Waals surface area (Å²) in [5, 5.41) is 2.94. The van der Waals surface area contributed by atoms with Crippen LogP contribution in [0.5, 0.6) is 5.88 Å². The molecule has 1 unspecified atom stereocenters. The molecule has 0 bridgehead atoms. The molecular weight excluding hydrogens is 574 g/mol. The first-order valence-corrected chi connectivity index (χ1v) is 14.3. The third-order valence-electron chi connectivity index (χ3n) is 6.75. The van der Waals surface area contributed by atoms with Crippen LogP contribution in [0.3, 0.4) is 0 Å². The minimum Gasteiger partial charge on any atom is -0.477 e. The predicted octanol–water partition coefficient (Wildman–Crippen LogP) is 5.42. The quantitative estimate of drug-likeness (QED) is 0.259. The van der Waals surface area contributed by atoms with Gasteiger partial charge in [0.25, 0.3) is 5.56 Å². The van der Waals surface area contributed by atoms with E-state index in [4.69, 9.17) is 4.74 Å². The maximum absolute atomic E-state index is 13.6. The molecule has 3 rings (SSSR count). The molecule has 0 spiro atoms. The van der Waals surface area contributed by atoms with Gasteiger partial charge in [-0.3, -0.25) is 19.1 Å². The van der Waals surface area contributed by atoms with Crippen molar-refractivity contribution in [3.8, 4) is 11.6 Å². The molecule has 10 heteroatoms. The Labute approximate surface area is 244 Å². The first-order chi connectivity index (χ1) is 18.8. The van der Waals surface area contributed by atoms with Crippen LogP contribution in [0.4, 0.5) is 5.69 Å². The summed E-state index contributed by atoms with van der Waals surface area (Å²) in [7, 11) is 5.80. The van der Waals surface area contributed by atoms with E-state index in [1.165, 1.54) is 0 Å². The van der Waals surface area contributed by atoms with E-state index in [9.17, 15) is 14.4 Å². The lowest BCUT2D eigenvalue weighted by Gasteiger charge is -2.24. The molecule has 40 heavy (non-hydrogen) atoms. The number of nitrogens with zero attached hydrogens (tertiary/aromatic N) is 4. The van der Waals surface area contributed by atoms with Crippen molar-refractivity contribution in [1.82, 2.24) is 19.2 Å². The van der Waals surface area contributed by atoms with Crippen LogP contribution in [-0.4, -0.2) is 58.2 Å². The first kappa shape index (κ1) is 31.3. The van der Waals surface area contributed by atoms with Gasteiger partial charge in [-0.15, -0.1) is 0 Å². The number of hydrogen-bond acceptors (Lipinski definition) is 6. The number of pyridine rings is 1. The van der Waals surface area contributed by atoms with Gasteiger partial charge in [0.2, 0.25) is 11.8 Å². The highest BCUT2D eigenvalue weighted by molar-refractivity contribution is 9.10. The van der Waals surface area contributed by atoms with Gasteiger partial charge in [-0.2, -0.15) is 0 Å². The van der Waals surface area contributed by atoms with Crippen LogP contribution in [0.1, 0.15) is 68.9 Å². The second kappa shape index (κ2) is 13.4. The highest BCUT2D eigenvalue weighted by Gasteiger charge is 2.29. The number of amides is 1. The Kier molecular flexibility index (Phi) is 10.5. The lowest BCUT2D eigenvalue weighted by atomic mass is 9.83. The van der Waals surface area contributed by atoms with Crippen molar-refractivity contribution in [3.05, 3.63) is 68.7 Å². The highest BCUT2D eigenvalue weighted by atomic mass is 79.9. The number of rotatable bonds is 13. The molecule has 0 aliphatic rings. The second-order valence-corrected chi connectivity index (χ2v) is 12.1. The maximum atomic E-state index is 13.6. The summed E-state index contributed by atoms with van der Waals surface area (Å²) >= 11 is 3.37. The number of carbonyl (C=O) groups excluding carboxylic acids is 2. The van der Waals surface area contributed by atoms with Gasteiger partial charge in [-0.1, -0.05) is 39.0 Å². The molecule has 0 aliphatic heterocycles. The first-order valence-electron chi connectivity index (χ1n) is 13.5. The van der Waals surface area contributed by atoms with Crippen LogP contribution in [0.2, 0.25) is 0 Å². The van der Waals surface area contributed by atoms with E-state index in [0.717, 1.165) is 11.4 Å². The minimum atomic E-state index is -0.492. The van der Waals surface area contributed by atoms with Crippen LogP contribution in [-0.2, 0) is 11.8 Å². The van der Waals surface area contributed by atoms with E-state index >= 15 is 0 Å². The van der Waals surface area contributed by atoms with Crippen LogP contribution in [0.15, 0.2) is 51.9 Å². The van der Waals surface area contributed by atoms with Crippen LogP contribution < -0.4 is 15.6 Å². The zero-order chi connectivity index (χ0) is 29.6. The van der Waals surface area contributed by atoms with Gasteiger partial charge in [0.15, 0.2) is 5.78 Å². The number of ketones is 1. The molecule has 1 aromatic carbocycles. The molecule has 0 saturated heterocycles.